The number of para-hydroxylation sites is 1. The number of aromatic carboxylic acids is 1. The van der Waals surface area contributed by atoms with Crippen molar-refractivity contribution in [1.29, 1.82) is 0 Å². The van der Waals surface area contributed by atoms with Crippen LogP contribution in [-0.2, 0) is 16.7 Å². The molecule has 0 aliphatic carbocycles. The van der Waals surface area contributed by atoms with E-state index in [0.717, 1.165) is 36.2 Å². The van der Waals surface area contributed by atoms with Gasteiger partial charge in [-0.3, -0.25) is 9.36 Å². The predicted molar refractivity (Wildman–Crippen MR) is 123 cm³/mol. The van der Waals surface area contributed by atoms with Crippen LogP contribution in [0.4, 0.5) is 5.69 Å². The van der Waals surface area contributed by atoms with Gasteiger partial charge in [0.2, 0.25) is 0 Å². The number of ether oxygens (including phenoxy) is 1. The van der Waals surface area contributed by atoms with Crippen LogP contribution in [0.1, 0.15) is 59.5 Å². The third kappa shape index (κ3) is 3.28. The molecule has 1 atom stereocenters. The Hall–Kier alpha value is -3.19. The van der Waals surface area contributed by atoms with Crippen LogP contribution >= 0.6 is 0 Å². The Morgan fingerprint density at radius 2 is 1.97 bits per heavy atom. The SMILES string of the molecule is Cc1cc(C(C)Nc2ccccc2C(=O)O)c2nc3n(c(=O)c2c1)CCC31CCOCC1. The van der Waals surface area contributed by atoms with Crippen LogP contribution in [0.3, 0.4) is 0 Å². The molecule has 1 fully saturated rings. The summed E-state index contributed by atoms with van der Waals surface area (Å²) in [5, 5.41) is 13.5. The van der Waals surface area contributed by atoms with Crippen molar-refractivity contribution in [3.05, 3.63) is 69.3 Å². The molecule has 0 bridgehead atoms. The molecule has 3 heterocycles. The quantitative estimate of drug-likeness (QED) is 0.645. The zero-order valence-corrected chi connectivity index (χ0v) is 18.4. The van der Waals surface area contributed by atoms with Gasteiger partial charge in [0.1, 0.15) is 5.82 Å². The summed E-state index contributed by atoms with van der Waals surface area (Å²) >= 11 is 0. The molecule has 0 saturated carbocycles. The minimum atomic E-state index is -0.981. The Bertz CT molecular complexity index is 1270. The fourth-order valence-electron chi connectivity index (χ4n) is 5.22. The zero-order chi connectivity index (χ0) is 22.5. The number of hydrogen-bond acceptors (Lipinski definition) is 5. The van der Waals surface area contributed by atoms with E-state index in [4.69, 9.17) is 9.72 Å². The first-order chi connectivity index (χ1) is 15.4. The van der Waals surface area contributed by atoms with E-state index in [9.17, 15) is 14.7 Å². The van der Waals surface area contributed by atoms with Gasteiger partial charge in [0.05, 0.1) is 22.5 Å². The van der Waals surface area contributed by atoms with Crippen LogP contribution in [0.2, 0.25) is 0 Å². The third-order valence-corrected chi connectivity index (χ3v) is 6.97. The fraction of sp³-hybridized carbons (Fsp3) is 0.400. The largest absolute Gasteiger partial charge is 0.478 e. The number of nitrogens with zero attached hydrogens (tertiary/aromatic N) is 2. The first-order valence-electron chi connectivity index (χ1n) is 11.1. The number of anilines is 1. The van der Waals surface area contributed by atoms with E-state index in [-0.39, 0.29) is 22.6 Å². The molecular weight excluding hydrogens is 406 g/mol. The van der Waals surface area contributed by atoms with Crippen LogP contribution in [0.15, 0.2) is 41.2 Å². The van der Waals surface area contributed by atoms with E-state index >= 15 is 0 Å². The molecule has 7 heteroatoms. The number of carboxylic acids is 1. The van der Waals surface area contributed by atoms with Gasteiger partial charge in [-0.15, -0.1) is 0 Å². The Kier molecular flexibility index (Phi) is 5.01. The van der Waals surface area contributed by atoms with Gasteiger partial charge in [0.15, 0.2) is 0 Å². The van der Waals surface area contributed by atoms with Crippen molar-refractivity contribution in [2.24, 2.45) is 0 Å². The summed E-state index contributed by atoms with van der Waals surface area (Å²) < 4.78 is 7.45. The maximum absolute atomic E-state index is 13.5. The second-order valence-electron chi connectivity index (χ2n) is 9.00. The lowest BCUT2D eigenvalue weighted by Gasteiger charge is -2.32. The van der Waals surface area contributed by atoms with Crippen LogP contribution in [0.5, 0.6) is 0 Å². The molecule has 1 saturated heterocycles. The molecule has 32 heavy (non-hydrogen) atoms. The first-order valence-corrected chi connectivity index (χ1v) is 11.1. The number of fused-ring (bicyclic) bond motifs is 3. The summed E-state index contributed by atoms with van der Waals surface area (Å²) in [7, 11) is 0. The number of benzene rings is 2. The molecule has 7 nitrogen and oxygen atoms in total. The molecular formula is C25H27N3O4. The minimum absolute atomic E-state index is 0.0106. The van der Waals surface area contributed by atoms with Gasteiger partial charge >= 0.3 is 5.97 Å². The number of aromatic nitrogens is 2. The molecule has 1 spiro atoms. The highest BCUT2D eigenvalue weighted by molar-refractivity contribution is 5.94. The van der Waals surface area contributed by atoms with Crippen LogP contribution in [0, 0.1) is 6.92 Å². The molecule has 2 aromatic carbocycles. The van der Waals surface area contributed by atoms with Crippen molar-refractivity contribution < 1.29 is 14.6 Å². The first kappa shape index (κ1) is 20.7. The number of nitrogens with one attached hydrogen (secondary N) is 1. The lowest BCUT2D eigenvalue weighted by atomic mass is 9.78. The van der Waals surface area contributed by atoms with Gasteiger partial charge in [-0.2, -0.15) is 0 Å². The van der Waals surface area contributed by atoms with Crippen molar-refractivity contribution in [2.75, 3.05) is 18.5 Å². The van der Waals surface area contributed by atoms with Crippen LogP contribution in [-0.4, -0.2) is 33.8 Å². The maximum Gasteiger partial charge on any atom is 0.337 e. The smallest absolute Gasteiger partial charge is 0.337 e. The number of rotatable bonds is 4. The summed E-state index contributed by atoms with van der Waals surface area (Å²) in [6, 6.07) is 10.6. The number of carbonyl (C=O) groups is 1. The summed E-state index contributed by atoms with van der Waals surface area (Å²) in [5.41, 5.74) is 3.25. The van der Waals surface area contributed by atoms with Gasteiger partial charge in [0, 0.05) is 36.4 Å². The topological polar surface area (TPSA) is 93.5 Å². The molecule has 2 aliphatic heterocycles. The van der Waals surface area contributed by atoms with Crippen LogP contribution in [0.25, 0.3) is 10.9 Å². The highest BCUT2D eigenvalue weighted by Crippen LogP contribution is 2.42. The van der Waals surface area contributed by atoms with Gasteiger partial charge < -0.3 is 15.2 Å². The summed E-state index contributed by atoms with van der Waals surface area (Å²) in [4.78, 5) is 30.2. The van der Waals surface area contributed by atoms with E-state index in [0.29, 0.717) is 36.3 Å². The molecule has 3 aromatic rings. The standard InChI is InChI=1S/C25H27N3O4/c1-15-13-18(16(2)26-20-6-4-3-5-17(20)23(30)31)21-19(14-15)22(29)28-10-7-25(24(28)27-21)8-11-32-12-9-25/h3-6,13-14,16,26H,7-12H2,1-2H3,(H,30,31). The van der Waals surface area contributed by atoms with Crippen molar-refractivity contribution >= 4 is 22.6 Å². The van der Waals surface area contributed by atoms with Crippen molar-refractivity contribution in [3.63, 3.8) is 0 Å². The zero-order valence-electron chi connectivity index (χ0n) is 18.4. The molecule has 0 radical (unpaired) electrons. The third-order valence-electron chi connectivity index (χ3n) is 6.97. The summed E-state index contributed by atoms with van der Waals surface area (Å²) in [6.07, 6.45) is 2.68. The van der Waals surface area contributed by atoms with E-state index in [1.165, 1.54) is 0 Å². The van der Waals surface area contributed by atoms with Gasteiger partial charge in [-0.25, -0.2) is 9.78 Å². The molecule has 5 rings (SSSR count). The van der Waals surface area contributed by atoms with Crippen molar-refractivity contribution in [2.45, 2.75) is 51.1 Å². The molecule has 0 amide bonds. The summed E-state index contributed by atoms with van der Waals surface area (Å²) in [6.45, 7) is 6.03. The van der Waals surface area contributed by atoms with Crippen molar-refractivity contribution in [1.82, 2.24) is 9.55 Å². The normalized spacial score (nSPS) is 17.9. The van der Waals surface area contributed by atoms with E-state index in [1.54, 1.807) is 18.2 Å². The van der Waals surface area contributed by atoms with Gasteiger partial charge in [-0.05, 0) is 56.9 Å². The van der Waals surface area contributed by atoms with E-state index < -0.39 is 5.97 Å². The highest BCUT2D eigenvalue weighted by Gasteiger charge is 2.43. The molecule has 1 unspecified atom stereocenters. The average molecular weight is 434 g/mol. The molecule has 2 N–H and O–H groups in total. The minimum Gasteiger partial charge on any atom is -0.478 e. The average Bonchev–Trinajstić information content (AvgIpc) is 3.12. The monoisotopic (exact) mass is 433 g/mol. The Morgan fingerprint density at radius 3 is 2.72 bits per heavy atom. The van der Waals surface area contributed by atoms with E-state index in [1.807, 2.05) is 36.6 Å². The highest BCUT2D eigenvalue weighted by atomic mass is 16.5. The fourth-order valence-corrected chi connectivity index (χ4v) is 5.22. The summed E-state index contributed by atoms with van der Waals surface area (Å²) in [5.74, 6) is -0.105. The molecule has 1 aromatic heterocycles. The number of aryl methyl sites for hydroxylation is 1. The predicted octanol–water partition coefficient (Wildman–Crippen LogP) is 4.03. The molecule has 2 aliphatic rings. The number of hydrogen-bond donors (Lipinski definition) is 2. The van der Waals surface area contributed by atoms with Crippen LogP contribution < -0.4 is 10.9 Å². The molecule has 166 valence electrons. The maximum atomic E-state index is 13.5. The lowest BCUT2D eigenvalue weighted by molar-refractivity contribution is 0.0492. The Morgan fingerprint density at radius 1 is 1.22 bits per heavy atom. The second kappa shape index (κ2) is 7.74. The second-order valence-corrected chi connectivity index (χ2v) is 9.00. The number of carboxylic acid groups (broad SMARTS) is 1. The van der Waals surface area contributed by atoms with Gasteiger partial charge in [-0.1, -0.05) is 18.2 Å². The Labute approximate surface area is 186 Å². The van der Waals surface area contributed by atoms with E-state index in [2.05, 4.69) is 5.32 Å². The Balaban J connectivity index is 1.64. The lowest BCUT2D eigenvalue weighted by Crippen LogP contribution is -2.34. The van der Waals surface area contributed by atoms with Crippen molar-refractivity contribution in [3.8, 4) is 0 Å². The van der Waals surface area contributed by atoms with Gasteiger partial charge in [0.25, 0.3) is 5.56 Å².